The molecule has 0 bridgehead atoms. The predicted molar refractivity (Wildman–Crippen MR) is 97.4 cm³/mol. The minimum Gasteiger partial charge on any atom is -0.456 e. The maximum atomic E-state index is 11.7. The molecule has 4 nitrogen and oxygen atoms in total. The number of amides is 1. The number of hydrogen-bond acceptors (Lipinski definition) is 4. The third kappa shape index (κ3) is 7.06. The summed E-state index contributed by atoms with van der Waals surface area (Å²) in [6.07, 6.45) is 0.978. The second-order valence-electron chi connectivity index (χ2n) is 4.98. The summed E-state index contributed by atoms with van der Waals surface area (Å²) in [7, 11) is 0. The summed E-state index contributed by atoms with van der Waals surface area (Å²) in [5.74, 6) is 0.0902. The lowest BCUT2D eigenvalue weighted by Gasteiger charge is -2.06. The van der Waals surface area contributed by atoms with Crippen LogP contribution >= 0.6 is 23.4 Å². The standard InChI is InChI=1S/C18H18ClNO3S/c19-14-8-10-16(11-9-14)24-12-4-7-18(22)23-13-17(21)20-15-5-2-1-3-6-15/h1-3,5-6,8-11H,4,7,12-13H2,(H,20,21). The van der Waals surface area contributed by atoms with Crippen molar-refractivity contribution in [3.8, 4) is 0 Å². The Balaban J connectivity index is 1.58. The number of rotatable bonds is 8. The van der Waals surface area contributed by atoms with Gasteiger partial charge < -0.3 is 10.1 Å². The molecule has 2 aromatic rings. The van der Waals surface area contributed by atoms with Crippen molar-refractivity contribution in [2.45, 2.75) is 17.7 Å². The van der Waals surface area contributed by atoms with E-state index in [2.05, 4.69) is 5.32 Å². The predicted octanol–water partition coefficient (Wildman–Crippen LogP) is 4.39. The van der Waals surface area contributed by atoms with Crippen LogP contribution in [0.2, 0.25) is 5.02 Å². The van der Waals surface area contributed by atoms with E-state index in [0.29, 0.717) is 23.6 Å². The van der Waals surface area contributed by atoms with Gasteiger partial charge in [0.25, 0.3) is 5.91 Å². The van der Waals surface area contributed by atoms with E-state index in [1.807, 2.05) is 42.5 Å². The lowest BCUT2D eigenvalue weighted by molar-refractivity contribution is -0.147. The van der Waals surface area contributed by atoms with Crippen LogP contribution in [-0.2, 0) is 14.3 Å². The van der Waals surface area contributed by atoms with E-state index in [1.165, 1.54) is 0 Å². The molecule has 0 fully saturated rings. The summed E-state index contributed by atoms with van der Waals surface area (Å²) in [5.41, 5.74) is 0.679. The molecule has 126 valence electrons. The third-order valence-electron chi connectivity index (χ3n) is 3.03. The molecule has 2 aromatic carbocycles. The van der Waals surface area contributed by atoms with Crippen LogP contribution < -0.4 is 5.32 Å². The zero-order valence-corrected chi connectivity index (χ0v) is 14.6. The van der Waals surface area contributed by atoms with E-state index < -0.39 is 0 Å². The quantitative estimate of drug-likeness (QED) is 0.429. The number of carbonyl (C=O) groups is 2. The average Bonchev–Trinajstić information content (AvgIpc) is 2.59. The molecular weight excluding hydrogens is 346 g/mol. The third-order valence-corrected chi connectivity index (χ3v) is 4.38. The van der Waals surface area contributed by atoms with Gasteiger partial charge in [-0.15, -0.1) is 11.8 Å². The number of hydrogen-bond donors (Lipinski definition) is 1. The fourth-order valence-corrected chi connectivity index (χ4v) is 2.85. The van der Waals surface area contributed by atoms with Gasteiger partial charge >= 0.3 is 5.97 Å². The number of esters is 1. The zero-order chi connectivity index (χ0) is 17.2. The highest BCUT2D eigenvalue weighted by Crippen LogP contribution is 2.21. The van der Waals surface area contributed by atoms with Crippen LogP contribution in [0.15, 0.2) is 59.5 Å². The highest BCUT2D eigenvalue weighted by molar-refractivity contribution is 7.99. The monoisotopic (exact) mass is 363 g/mol. The summed E-state index contributed by atoms with van der Waals surface area (Å²) in [6, 6.07) is 16.6. The number of nitrogens with one attached hydrogen (secondary N) is 1. The molecule has 0 unspecified atom stereocenters. The summed E-state index contributed by atoms with van der Waals surface area (Å²) in [6.45, 7) is -0.266. The SMILES string of the molecule is O=C(COC(=O)CCCSc1ccc(Cl)cc1)Nc1ccccc1. The molecule has 1 N–H and O–H groups in total. The molecule has 0 saturated heterocycles. The van der Waals surface area contributed by atoms with Crippen molar-refractivity contribution in [3.63, 3.8) is 0 Å². The van der Waals surface area contributed by atoms with Crippen LogP contribution in [0, 0.1) is 0 Å². The van der Waals surface area contributed by atoms with Crippen LogP contribution in [0.5, 0.6) is 0 Å². The second kappa shape index (κ2) is 10.0. The molecule has 24 heavy (non-hydrogen) atoms. The molecule has 0 aliphatic heterocycles. The Morgan fingerprint density at radius 2 is 1.75 bits per heavy atom. The molecular formula is C18H18ClNO3S. The van der Waals surface area contributed by atoms with E-state index in [9.17, 15) is 9.59 Å². The number of anilines is 1. The molecule has 0 heterocycles. The molecule has 6 heteroatoms. The normalized spacial score (nSPS) is 10.2. The van der Waals surface area contributed by atoms with E-state index >= 15 is 0 Å². The first kappa shape index (κ1) is 18.4. The Labute approximate surface area is 150 Å². The van der Waals surface area contributed by atoms with Crippen molar-refractivity contribution in [1.82, 2.24) is 0 Å². The fraction of sp³-hybridized carbons (Fsp3) is 0.222. The number of benzene rings is 2. The van der Waals surface area contributed by atoms with E-state index in [1.54, 1.807) is 23.9 Å². The Hall–Kier alpha value is -1.98. The van der Waals surface area contributed by atoms with Gasteiger partial charge in [-0.05, 0) is 48.6 Å². The van der Waals surface area contributed by atoms with Crippen LogP contribution in [0.1, 0.15) is 12.8 Å². The van der Waals surface area contributed by atoms with Crippen molar-refractivity contribution in [2.24, 2.45) is 0 Å². The molecule has 0 spiro atoms. The minimum absolute atomic E-state index is 0.266. The van der Waals surface area contributed by atoms with Gasteiger partial charge in [0.15, 0.2) is 6.61 Å². The van der Waals surface area contributed by atoms with Crippen molar-refractivity contribution < 1.29 is 14.3 Å². The molecule has 0 atom stereocenters. The molecule has 0 aliphatic rings. The number of carbonyl (C=O) groups excluding carboxylic acids is 2. The van der Waals surface area contributed by atoms with Gasteiger partial charge in [-0.2, -0.15) is 0 Å². The van der Waals surface area contributed by atoms with E-state index in [-0.39, 0.29) is 18.5 Å². The molecule has 0 saturated carbocycles. The second-order valence-corrected chi connectivity index (χ2v) is 6.59. The van der Waals surface area contributed by atoms with Gasteiger partial charge in [0.1, 0.15) is 0 Å². The number of thioether (sulfide) groups is 1. The number of halogens is 1. The number of ether oxygens (including phenoxy) is 1. The lowest BCUT2D eigenvalue weighted by atomic mass is 10.3. The first-order valence-electron chi connectivity index (χ1n) is 7.52. The first-order valence-corrected chi connectivity index (χ1v) is 8.89. The smallest absolute Gasteiger partial charge is 0.306 e. The van der Waals surface area contributed by atoms with E-state index in [4.69, 9.17) is 16.3 Å². The van der Waals surface area contributed by atoms with Crippen molar-refractivity contribution in [2.75, 3.05) is 17.7 Å². The van der Waals surface area contributed by atoms with Gasteiger partial charge in [0.05, 0.1) is 0 Å². The lowest BCUT2D eigenvalue weighted by Crippen LogP contribution is -2.20. The Morgan fingerprint density at radius 1 is 1.04 bits per heavy atom. The van der Waals surface area contributed by atoms with Gasteiger partial charge in [-0.3, -0.25) is 9.59 Å². The molecule has 2 rings (SSSR count). The Morgan fingerprint density at radius 3 is 2.46 bits per heavy atom. The maximum absolute atomic E-state index is 11.7. The van der Waals surface area contributed by atoms with Crippen LogP contribution in [0.25, 0.3) is 0 Å². The molecule has 1 amide bonds. The summed E-state index contributed by atoms with van der Waals surface area (Å²) in [4.78, 5) is 24.4. The Kier molecular flexibility index (Phi) is 7.65. The summed E-state index contributed by atoms with van der Waals surface area (Å²) in [5, 5.41) is 3.36. The molecule has 0 aromatic heterocycles. The highest BCUT2D eigenvalue weighted by atomic mass is 35.5. The largest absolute Gasteiger partial charge is 0.456 e. The van der Waals surface area contributed by atoms with Gasteiger partial charge in [-0.1, -0.05) is 29.8 Å². The molecule has 0 radical (unpaired) electrons. The van der Waals surface area contributed by atoms with E-state index in [0.717, 1.165) is 10.6 Å². The van der Waals surface area contributed by atoms with Gasteiger partial charge in [-0.25, -0.2) is 0 Å². The van der Waals surface area contributed by atoms with Crippen molar-refractivity contribution >= 4 is 40.9 Å². The maximum Gasteiger partial charge on any atom is 0.306 e. The average molecular weight is 364 g/mol. The Bertz CT molecular complexity index is 662. The fourth-order valence-electron chi connectivity index (χ4n) is 1.87. The topological polar surface area (TPSA) is 55.4 Å². The van der Waals surface area contributed by atoms with Crippen LogP contribution in [0.3, 0.4) is 0 Å². The van der Waals surface area contributed by atoms with Crippen LogP contribution in [0.4, 0.5) is 5.69 Å². The first-order chi connectivity index (χ1) is 11.6. The van der Waals surface area contributed by atoms with Crippen molar-refractivity contribution in [3.05, 3.63) is 59.6 Å². The van der Waals surface area contributed by atoms with Crippen LogP contribution in [-0.4, -0.2) is 24.2 Å². The minimum atomic E-state index is -0.366. The van der Waals surface area contributed by atoms with Crippen molar-refractivity contribution in [1.29, 1.82) is 0 Å². The highest BCUT2D eigenvalue weighted by Gasteiger charge is 2.08. The summed E-state index contributed by atoms with van der Waals surface area (Å²) < 4.78 is 4.97. The summed E-state index contributed by atoms with van der Waals surface area (Å²) >= 11 is 7.47. The molecule has 0 aliphatic carbocycles. The van der Waals surface area contributed by atoms with Gasteiger partial charge in [0.2, 0.25) is 0 Å². The van der Waals surface area contributed by atoms with Gasteiger partial charge in [0, 0.05) is 22.0 Å². The number of para-hydroxylation sites is 1. The zero-order valence-electron chi connectivity index (χ0n) is 13.0.